The molecule has 0 bridgehead atoms. The zero-order valence-corrected chi connectivity index (χ0v) is 22.8. The first-order valence-corrected chi connectivity index (χ1v) is 3.71. The minimum Gasteiger partial charge on any atom is -1.00 e. The van der Waals surface area contributed by atoms with Crippen LogP contribution in [0.2, 0.25) is 0 Å². The fourth-order valence-corrected chi connectivity index (χ4v) is 0. The van der Waals surface area contributed by atoms with Crippen LogP contribution in [0.15, 0.2) is 0 Å². The molecule has 0 fully saturated rings. The number of carboxylic acids is 4. The van der Waals surface area contributed by atoms with Crippen molar-refractivity contribution in [2.75, 3.05) is 0 Å². The van der Waals surface area contributed by atoms with E-state index in [9.17, 15) is 0 Å². The number of aliphatic carboxylic acids is 4. The Bertz CT molecular complexity index is 193. The molecule has 119 valence electrons. The Morgan fingerprint density at radius 2 is 0.545 bits per heavy atom. The van der Waals surface area contributed by atoms with Gasteiger partial charge in [-0.1, -0.05) is 0 Å². The second-order valence-corrected chi connectivity index (χ2v) is 2.08. The van der Waals surface area contributed by atoms with Crippen LogP contribution >= 0.6 is 0 Å². The van der Waals surface area contributed by atoms with E-state index < -0.39 is 23.9 Å². The molecule has 10 N–H and O–H groups in total. The molecular formula is C8H25N2Na4O8. The smallest absolute Gasteiger partial charge is 1.00 e. The standard InChI is InChI=1S/4C2H4O2.2H3N.4Na.3H/c4*1-2(3)4;;;;;;;;;/h4*1H3,(H,3,4);2*1H3;;;;;;;/q;;;;;;;3*+1;3*-1. The van der Waals surface area contributed by atoms with Gasteiger partial charge >= 0.3 is 88.7 Å². The van der Waals surface area contributed by atoms with Crippen LogP contribution in [0.5, 0.6) is 0 Å². The molecule has 0 unspecified atom stereocenters. The fourth-order valence-electron chi connectivity index (χ4n) is 0. The summed E-state index contributed by atoms with van der Waals surface area (Å²) < 4.78 is 0. The van der Waals surface area contributed by atoms with Gasteiger partial charge in [0, 0.05) is 57.3 Å². The van der Waals surface area contributed by atoms with E-state index in [-0.39, 0.29) is 135 Å². The fraction of sp³-hybridized carbons (Fsp3) is 0.500. The SMILES string of the molecule is CC(=O)O.CC(=O)O.CC(=O)O.CC(=O)O.N.N.[H-].[H-].[H-].[Na+].[Na+].[Na+].[Na]. The maximum absolute atomic E-state index is 9.00. The first kappa shape index (κ1) is 65.0. The van der Waals surface area contributed by atoms with Gasteiger partial charge in [-0.15, -0.1) is 0 Å². The van der Waals surface area contributed by atoms with Crippen molar-refractivity contribution in [3.05, 3.63) is 0 Å². The van der Waals surface area contributed by atoms with Gasteiger partial charge in [-0.2, -0.15) is 0 Å². The second kappa shape index (κ2) is 56.9. The Balaban J connectivity index is -0.00000000623. The number of hydrogen-bond acceptors (Lipinski definition) is 6. The van der Waals surface area contributed by atoms with Gasteiger partial charge in [0.15, 0.2) is 0 Å². The maximum atomic E-state index is 9.00. The van der Waals surface area contributed by atoms with Gasteiger partial charge in [0.2, 0.25) is 0 Å². The van der Waals surface area contributed by atoms with Crippen molar-refractivity contribution >= 4 is 53.4 Å². The Labute approximate surface area is 223 Å². The number of hydrogen-bond donors (Lipinski definition) is 6. The minimum absolute atomic E-state index is 0. The molecule has 14 heteroatoms. The van der Waals surface area contributed by atoms with E-state index in [1.165, 1.54) is 0 Å². The summed E-state index contributed by atoms with van der Waals surface area (Å²) in [6.07, 6.45) is 0. The molecule has 1 radical (unpaired) electrons. The number of carbonyl (C=O) groups is 4. The summed E-state index contributed by atoms with van der Waals surface area (Å²) in [5, 5.41) is 29.7. The van der Waals surface area contributed by atoms with E-state index in [0.717, 1.165) is 27.7 Å². The molecule has 0 saturated carbocycles. The first-order valence-electron chi connectivity index (χ1n) is 3.71. The molecule has 10 nitrogen and oxygen atoms in total. The van der Waals surface area contributed by atoms with Crippen LogP contribution in [-0.2, 0) is 19.2 Å². The Morgan fingerprint density at radius 3 is 0.545 bits per heavy atom. The summed E-state index contributed by atoms with van der Waals surface area (Å²) in [5.74, 6) is -3.33. The topological polar surface area (TPSA) is 219 Å². The average molecular weight is 369 g/mol. The largest absolute Gasteiger partial charge is 1.00 e. The predicted octanol–water partition coefficient (Wildman–Crippen LogP) is -8.34. The monoisotopic (exact) mass is 369 g/mol. The van der Waals surface area contributed by atoms with Crippen LogP contribution in [-0.4, -0.2) is 73.9 Å². The average Bonchev–Trinajstić information content (AvgIpc) is 1.76. The van der Waals surface area contributed by atoms with E-state index in [4.69, 9.17) is 39.6 Å². The number of rotatable bonds is 0. The molecule has 0 aliphatic carbocycles. The van der Waals surface area contributed by atoms with E-state index in [1.807, 2.05) is 0 Å². The third-order valence-corrected chi connectivity index (χ3v) is 0. The molecule has 0 amide bonds. The maximum Gasteiger partial charge on any atom is 1.00 e. The molecule has 0 aromatic heterocycles. The van der Waals surface area contributed by atoms with Crippen molar-refractivity contribution in [1.29, 1.82) is 0 Å². The van der Waals surface area contributed by atoms with Gasteiger partial charge in [-0.25, -0.2) is 0 Å². The van der Waals surface area contributed by atoms with Crippen molar-refractivity contribution in [1.82, 2.24) is 12.3 Å². The summed E-state index contributed by atoms with van der Waals surface area (Å²) in [6, 6.07) is 0. The zero-order valence-electron chi connectivity index (χ0n) is 17.8. The van der Waals surface area contributed by atoms with Crippen molar-refractivity contribution in [3.63, 3.8) is 0 Å². The molecule has 0 rings (SSSR count). The zero-order chi connectivity index (χ0) is 14.3. The summed E-state index contributed by atoms with van der Waals surface area (Å²) in [7, 11) is 0. The second-order valence-electron chi connectivity index (χ2n) is 2.08. The molecule has 22 heavy (non-hydrogen) atoms. The van der Waals surface area contributed by atoms with Gasteiger partial charge in [0.25, 0.3) is 23.9 Å². The molecule has 0 saturated heterocycles. The normalized spacial score (nSPS) is 4.55. The number of carboxylic acid groups (broad SMARTS) is 4. The predicted molar refractivity (Wildman–Crippen MR) is 72.4 cm³/mol. The Morgan fingerprint density at radius 1 is 0.545 bits per heavy atom. The molecule has 0 aliphatic rings. The summed E-state index contributed by atoms with van der Waals surface area (Å²) >= 11 is 0. The quantitative estimate of drug-likeness (QED) is 0.221. The van der Waals surface area contributed by atoms with Crippen molar-refractivity contribution in [2.45, 2.75) is 27.7 Å². The van der Waals surface area contributed by atoms with Gasteiger partial charge < -0.3 is 37.0 Å². The molecule has 0 spiro atoms. The third-order valence-electron chi connectivity index (χ3n) is 0. The molecule has 0 aromatic rings. The van der Waals surface area contributed by atoms with Gasteiger partial charge in [-0.05, 0) is 0 Å². The van der Waals surface area contributed by atoms with Gasteiger partial charge in [0.05, 0.1) is 0 Å². The molecule has 0 aliphatic heterocycles. The third kappa shape index (κ3) is 2910. The Kier molecular flexibility index (Phi) is 168. The molecule has 0 heterocycles. The molecule has 0 atom stereocenters. The molecular weight excluding hydrogens is 344 g/mol. The molecule has 0 aromatic carbocycles. The van der Waals surface area contributed by atoms with E-state index >= 15 is 0 Å². The van der Waals surface area contributed by atoms with Gasteiger partial charge in [-0.3, -0.25) is 19.2 Å². The van der Waals surface area contributed by atoms with Crippen molar-refractivity contribution in [2.24, 2.45) is 0 Å². The Hall–Kier alpha value is 1.80. The van der Waals surface area contributed by atoms with Crippen molar-refractivity contribution < 1.29 is 133 Å². The first-order chi connectivity index (χ1) is 6.93. The van der Waals surface area contributed by atoms with Crippen molar-refractivity contribution in [3.8, 4) is 0 Å². The van der Waals surface area contributed by atoms with Gasteiger partial charge in [0.1, 0.15) is 0 Å². The van der Waals surface area contributed by atoms with Crippen LogP contribution < -0.4 is 101 Å². The summed E-state index contributed by atoms with van der Waals surface area (Å²) in [6.45, 7) is 4.33. The van der Waals surface area contributed by atoms with E-state index in [1.54, 1.807) is 0 Å². The minimum atomic E-state index is -0.833. The van der Waals surface area contributed by atoms with E-state index in [0.29, 0.717) is 0 Å². The summed E-state index contributed by atoms with van der Waals surface area (Å²) in [4.78, 5) is 36.0. The summed E-state index contributed by atoms with van der Waals surface area (Å²) in [5.41, 5.74) is 0. The van der Waals surface area contributed by atoms with Crippen LogP contribution in [0, 0.1) is 0 Å². The van der Waals surface area contributed by atoms with Crippen LogP contribution in [0.1, 0.15) is 32.0 Å². The van der Waals surface area contributed by atoms with E-state index in [2.05, 4.69) is 0 Å². The van der Waals surface area contributed by atoms with Crippen LogP contribution in [0.25, 0.3) is 0 Å². The van der Waals surface area contributed by atoms with Crippen LogP contribution in [0.3, 0.4) is 0 Å². The van der Waals surface area contributed by atoms with Crippen LogP contribution in [0.4, 0.5) is 0 Å².